The van der Waals surface area contributed by atoms with Crippen molar-refractivity contribution >= 4 is 11.8 Å². The van der Waals surface area contributed by atoms with Crippen LogP contribution in [-0.4, -0.2) is 4.98 Å². The first-order valence-electron chi connectivity index (χ1n) is 5.10. The highest BCUT2D eigenvalue weighted by molar-refractivity contribution is 7.99. The Balaban J connectivity index is 2.31. The van der Waals surface area contributed by atoms with E-state index in [1.54, 1.807) is 19.1 Å². The molecule has 1 heterocycles. The molecule has 2 rings (SSSR count). The number of aromatic nitrogens is 1. The first kappa shape index (κ1) is 12.5. The van der Waals surface area contributed by atoms with Crippen LogP contribution in [0.15, 0.2) is 40.3 Å². The molecule has 0 aliphatic heterocycles. The minimum Gasteiger partial charge on any atom is -0.246 e. The number of nitriles is 1. The smallest absolute Gasteiger partial charge is 0.159 e. The van der Waals surface area contributed by atoms with Crippen LogP contribution in [0.3, 0.4) is 0 Å². The lowest BCUT2D eigenvalue weighted by molar-refractivity contribution is 0.506. The molecule has 2 nitrogen and oxygen atoms in total. The van der Waals surface area contributed by atoms with Gasteiger partial charge in [-0.3, -0.25) is 0 Å². The van der Waals surface area contributed by atoms with Crippen molar-refractivity contribution in [1.29, 1.82) is 5.26 Å². The van der Waals surface area contributed by atoms with Crippen LogP contribution in [0.5, 0.6) is 0 Å². The van der Waals surface area contributed by atoms with Gasteiger partial charge in [-0.2, -0.15) is 5.26 Å². The summed E-state index contributed by atoms with van der Waals surface area (Å²) in [7, 11) is 0. The van der Waals surface area contributed by atoms with Crippen LogP contribution in [0, 0.1) is 29.9 Å². The maximum absolute atomic E-state index is 13.0. The number of hydrogen-bond donors (Lipinski definition) is 0. The monoisotopic (exact) mass is 262 g/mol. The zero-order chi connectivity index (χ0) is 13.1. The number of aryl methyl sites for hydroxylation is 1. The minimum absolute atomic E-state index is 0.493. The maximum Gasteiger partial charge on any atom is 0.159 e. The zero-order valence-corrected chi connectivity index (χ0v) is 10.3. The second-order valence-electron chi connectivity index (χ2n) is 3.63. The van der Waals surface area contributed by atoms with Gasteiger partial charge in [-0.1, -0.05) is 11.8 Å². The van der Waals surface area contributed by atoms with Gasteiger partial charge in [0.1, 0.15) is 5.03 Å². The van der Waals surface area contributed by atoms with Gasteiger partial charge in [0.05, 0.1) is 11.6 Å². The van der Waals surface area contributed by atoms with Crippen LogP contribution in [0.2, 0.25) is 0 Å². The summed E-state index contributed by atoms with van der Waals surface area (Å²) in [6.07, 6.45) is 0. The fourth-order valence-electron chi connectivity index (χ4n) is 1.42. The molecule has 0 amide bonds. The summed E-state index contributed by atoms with van der Waals surface area (Å²) in [6.45, 7) is 1.77. The van der Waals surface area contributed by atoms with Gasteiger partial charge in [-0.15, -0.1) is 0 Å². The molecule has 1 aromatic heterocycles. The van der Waals surface area contributed by atoms with E-state index in [-0.39, 0.29) is 0 Å². The lowest BCUT2D eigenvalue weighted by Crippen LogP contribution is -1.88. The molecule has 0 atom stereocenters. The summed E-state index contributed by atoms with van der Waals surface area (Å²) in [5.41, 5.74) is 1.20. The van der Waals surface area contributed by atoms with Gasteiger partial charge in [0.2, 0.25) is 0 Å². The van der Waals surface area contributed by atoms with Crippen molar-refractivity contribution in [3.05, 3.63) is 53.2 Å². The Bertz CT molecular complexity index is 635. The van der Waals surface area contributed by atoms with Crippen LogP contribution < -0.4 is 0 Å². The Labute approximate surface area is 107 Å². The topological polar surface area (TPSA) is 36.7 Å². The first-order chi connectivity index (χ1) is 8.58. The number of halogens is 2. The summed E-state index contributed by atoms with van der Waals surface area (Å²) in [5, 5.41) is 9.42. The summed E-state index contributed by atoms with van der Waals surface area (Å²) in [6, 6.07) is 8.95. The van der Waals surface area contributed by atoms with Crippen molar-refractivity contribution in [2.45, 2.75) is 16.8 Å². The Hall–Kier alpha value is -1.93. The predicted molar refractivity (Wildman–Crippen MR) is 64.2 cm³/mol. The molecule has 0 saturated heterocycles. The Morgan fingerprint density at radius 3 is 2.61 bits per heavy atom. The third-order valence-electron chi connectivity index (χ3n) is 2.17. The summed E-state index contributed by atoms with van der Waals surface area (Å²) >= 11 is 1.19. The predicted octanol–water partition coefficient (Wildman–Crippen LogP) is 3.69. The molecule has 0 aliphatic rings. The normalized spacial score (nSPS) is 10.1. The van der Waals surface area contributed by atoms with Gasteiger partial charge in [0.15, 0.2) is 11.6 Å². The molecule has 0 saturated carbocycles. The molecule has 0 fully saturated rings. The molecule has 0 unspecified atom stereocenters. The second kappa shape index (κ2) is 5.15. The van der Waals surface area contributed by atoms with Gasteiger partial charge < -0.3 is 0 Å². The highest BCUT2D eigenvalue weighted by Crippen LogP contribution is 2.28. The quantitative estimate of drug-likeness (QED) is 0.828. The average molecular weight is 262 g/mol. The van der Waals surface area contributed by atoms with Crippen molar-refractivity contribution in [3.63, 3.8) is 0 Å². The number of pyridine rings is 1. The summed E-state index contributed by atoms with van der Waals surface area (Å²) in [5.74, 6) is -1.78. The fourth-order valence-corrected chi connectivity index (χ4v) is 2.33. The molecular formula is C13H8F2N2S. The highest BCUT2D eigenvalue weighted by Gasteiger charge is 2.06. The van der Waals surface area contributed by atoms with E-state index < -0.39 is 11.6 Å². The van der Waals surface area contributed by atoms with E-state index in [1.165, 1.54) is 17.8 Å². The van der Waals surface area contributed by atoms with E-state index in [0.717, 1.165) is 12.1 Å². The lowest BCUT2D eigenvalue weighted by Gasteiger charge is -2.03. The first-order valence-corrected chi connectivity index (χ1v) is 5.92. The molecule has 0 spiro atoms. The van der Waals surface area contributed by atoms with Crippen LogP contribution >= 0.6 is 11.8 Å². The molecule has 1 aromatic carbocycles. The standard InChI is InChI=1S/C13H8F2N2S/c1-8-4-9(7-16)5-13(17-8)18-10-2-3-11(14)12(15)6-10/h2-6H,1H3. The molecular weight excluding hydrogens is 254 g/mol. The van der Waals surface area contributed by atoms with E-state index in [4.69, 9.17) is 5.26 Å². The van der Waals surface area contributed by atoms with Crippen LogP contribution in [-0.2, 0) is 0 Å². The minimum atomic E-state index is -0.895. The molecule has 18 heavy (non-hydrogen) atoms. The van der Waals surface area contributed by atoms with Gasteiger partial charge in [-0.25, -0.2) is 13.8 Å². The van der Waals surface area contributed by atoms with Gasteiger partial charge >= 0.3 is 0 Å². The molecule has 2 aromatic rings. The van der Waals surface area contributed by atoms with Crippen molar-refractivity contribution in [2.24, 2.45) is 0 Å². The van der Waals surface area contributed by atoms with E-state index >= 15 is 0 Å². The second-order valence-corrected chi connectivity index (χ2v) is 4.72. The van der Waals surface area contributed by atoms with Crippen molar-refractivity contribution in [3.8, 4) is 6.07 Å². The number of nitrogens with zero attached hydrogens (tertiary/aromatic N) is 2. The summed E-state index contributed by atoms with van der Waals surface area (Å²) in [4.78, 5) is 4.76. The molecule has 0 radical (unpaired) electrons. The van der Waals surface area contributed by atoms with Gasteiger partial charge in [0.25, 0.3) is 0 Å². The SMILES string of the molecule is Cc1cc(C#N)cc(Sc2ccc(F)c(F)c2)n1. The van der Waals surface area contributed by atoms with Crippen LogP contribution in [0.25, 0.3) is 0 Å². The van der Waals surface area contributed by atoms with E-state index in [1.807, 2.05) is 6.07 Å². The molecule has 0 N–H and O–H groups in total. The number of benzene rings is 1. The highest BCUT2D eigenvalue weighted by atomic mass is 32.2. The van der Waals surface area contributed by atoms with E-state index in [0.29, 0.717) is 21.2 Å². The van der Waals surface area contributed by atoms with Crippen LogP contribution in [0.4, 0.5) is 8.78 Å². The summed E-state index contributed by atoms with van der Waals surface area (Å²) < 4.78 is 25.8. The molecule has 0 bridgehead atoms. The average Bonchev–Trinajstić information content (AvgIpc) is 2.33. The Kier molecular flexibility index (Phi) is 3.58. The Morgan fingerprint density at radius 2 is 1.94 bits per heavy atom. The van der Waals surface area contributed by atoms with Crippen molar-refractivity contribution in [2.75, 3.05) is 0 Å². The van der Waals surface area contributed by atoms with E-state index in [2.05, 4.69) is 4.98 Å². The van der Waals surface area contributed by atoms with Crippen molar-refractivity contribution < 1.29 is 8.78 Å². The largest absolute Gasteiger partial charge is 0.246 e. The van der Waals surface area contributed by atoms with E-state index in [9.17, 15) is 8.78 Å². The fraction of sp³-hybridized carbons (Fsp3) is 0.0769. The zero-order valence-electron chi connectivity index (χ0n) is 9.45. The van der Waals surface area contributed by atoms with Gasteiger partial charge in [-0.05, 0) is 37.3 Å². The third kappa shape index (κ3) is 2.84. The Morgan fingerprint density at radius 1 is 1.17 bits per heavy atom. The van der Waals surface area contributed by atoms with Crippen LogP contribution in [0.1, 0.15) is 11.3 Å². The molecule has 90 valence electrons. The number of rotatable bonds is 2. The lowest BCUT2D eigenvalue weighted by atomic mass is 10.2. The van der Waals surface area contributed by atoms with Gasteiger partial charge in [0, 0.05) is 10.6 Å². The molecule has 5 heteroatoms. The third-order valence-corrected chi connectivity index (χ3v) is 3.08. The number of hydrogen-bond acceptors (Lipinski definition) is 3. The van der Waals surface area contributed by atoms with Crippen molar-refractivity contribution in [1.82, 2.24) is 4.98 Å². The molecule has 0 aliphatic carbocycles. The maximum atomic E-state index is 13.0.